The molecule has 0 heterocycles. The molecule has 184 valence electrons. The van der Waals surface area contributed by atoms with Gasteiger partial charge in [-0.05, 0) is 42.0 Å². The summed E-state index contributed by atoms with van der Waals surface area (Å²) in [5.41, 5.74) is 4.10. The number of ether oxygens (including phenoxy) is 1. The van der Waals surface area contributed by atoms with Gasteiger partial charge in [0.1, 0.15) is 6.61 Å². The van der Waals surface area contributed by atoms with E-state index in [0.29, 0.717) is 12.8 Å². The van der Waals surface area contributed by atoms with Crippen molar-refractivity contribution in [1.82, 2.24) is 10.6 Å². The lowest BCUT2D eigenvalue weighted by molar-refractivity contribution is -0.133. The van der Waals surface area contributed by atoms with Crippen molar-refractivity contribution in [3.05, 3.63) is 71.3 Å². The Bertz CT molecular complexity index is 1090. The summed E-state index contributed by atoms with van der Waals surface area (Å²) in [6.45, 7) is 2.04. The monoisotopic (exact) mass is 476 g/mol. The van der Waals surface area contributed by atoms with Crippen LogP contribution in [0, 0.1) is 5.41 Å². The van der Waals surface area contributed by atoms with Crippen LogP contribution in [0.1, 0.15) is 56.1 Å². The number of hydrogen-bond acceptors (Lipinski definition) is 4. The number of rotatable bonds is 8. The molecule has 0 radical (unpaired) electrons. The Morgan fingerprint density at radius 1 is 0.971 bits per heavy atom. The smallest absolute Gasteiger partial charge is 0.407 e. The van der Waals surface area contributed by atoms with Gasteiger partial charge in [-0.2, -0.15) is 0 Å². The Labute approximate surface area is 205 Å². The minimum absolute atomic E-state index is 0.0237. The van der Waals surface area contributed by atoms with Crippen molar-refractivity contribution in [1.29, 1.82) is 0 Å². The van der Waals surface area contributed by atoms with Gasteiger partial charge in [-0.15, -0.1) is 0 Å². The summed E-state index contributed by atoms with van der Waals surface area (Å²) in [4.78, 5) is 36.7. The number of alkyl carbamates (subject to hydrolysis) is 1. The molecule has 7 heteroatoms. The van der Waals surface area contributed by atoms with Gasteiger partial charge in [-0.25, -0.2) is 9.59 Å². The van der Waals surface area contributed by atoms with Gasteiger partial charge < -0.3 is 20.5 Å². The fourth-order valence-corrected chi connectivity index (χ4v) is 5.18. The lowest BCUT2D eigenvalue weighted by atomic mass is 9.73. The van der Waals surface area contributed by atoms with Crippen molar-refractivity contribution < 1.29 is 24.2 Å². The zero-order valence-corrected chi connectivity index (χ0v) is 20.0. The van der Waals surface area contributed by atoms with Gasteiger partial charge in [0.15, 0.2) is 0 Å². The summed E-state index contributed by atoms with van der Waals surface area (Å²) in [5, 5.41) is 14.6. The van der Waals surface area contributed by atoms with E-state index in [4.69, 9.17) is 9.84 Å². The number of nitrogens with one attached hydrogen (secondary N) is 2. The van der Waals surface area contributed by atoms with Gasteiger partial charge >= 0.3 is 12.1 Å². The number of aliphatic carboxylic acids is 1. The Morgan fingerprint density at radius 3 is 2.17 bits per heavy atom. The fourth-order valence-electron chi connectivity index (χ4n) is 5.18. The Kier molecular flexibility index (Phi) is 7.54. The van der Waals surface area contributed by atoms with Gasteiger partial charge in [0.2, 0.25) is 5.91 Å². The molecule has 2 aliphatic carbocycles. The highest BCUT2D eigenvalue weighted by atomic mass is 16.5. The molecule has 0 unspecified atom stereocenters. The van der Waals surface area contributed by atoms with Gasteiger partial charge in [0.05, 0.1) is 5.41 Å². The van der Waals surface area contributed by atoms with Crippen LogP contribution in [0.25, 0.3) is 11.1 Å². The van der Waals surface area contributed by atoms with Crippen molar-refractivity contribution in [3.8, 4) is 11.1 Å². The van der Waals surface area contributed by atoms with Crippen molar-refractivity contribution >= 4 is 18.0 Å². The molecule has 2 aromatic carbocycles. The number of hydrogen-bond donors (Lipinski definition) is 3. The van der Waals surface area contributed by atoms with Gasteiger partial charge in [0, 0.05) is 24.6 Å². The molecule has 0 atom stereocenters. The number of carboxylic acids is 1. The number of amides is 2. The van der Waals surface area contributed by atoms with Crippen molar-refractivity contribution in [2.75, 3.05) is 19.7 Å². The molecule has 1 fully saturated rings. The van der Waals surface area contributed by atoms with Crippen molar-refractivity contribution in [2.24, 2.45) is 5.41 Å². The molecular weight excluding hydrogens is 444 g/mol. The third-order valence-corrected chi connectivity index (χ3v) is 7.22. The van der Waals surface area contributed by atoms with E-state index >= 15 is 0 Å². The number of carbonyl (C=O) groups is 3. The summed E-state index contributed by atoms with van der Waals surface area (Å²) < 4.78 is 5.64. The zero-order chi connectivity index (χ0) is 24.8. The molecule has 0 spiro atoms. The highest BCUT2D eigenvalue weighted by Crippen LogP contribution is 2.44. The van der Waals surface area contributed by atoms with Crippen LogP contribution in [0.5, 0.6) is 0 Å². The Morgan fingerprint density at radius 2 is 1.57 bits per heavy atom. The van der Waals surface area contributed by atoms with E-state index in [2.05, 4.69) is 34.9 Å². The number of fused-ring (bicyclic) bond motifs is 3. The van der Waals surface area contributed by atoms with E-state index in [1.54, 1.807) is 0 Å². The lowest BCUT2D eigenvalue weighted by Crippen LogP contribution is -2.49. The van der Waals surface area contributed by atoms with Crippen LogP contribution in [-0.2, 0) is 14.3 Å². The second-order valence-electron chi connectivity index (χ2n) is 9.42. The number of carboxylic acid groups (broad SMARTS) is 1. The van der Waals surface area contributed by atoms with Crippen LogP contribution in [0.2, 0.25) is 0 Å². The van der Waals surface area contributed by atoms with Crippen LogP contribution in [0.3, 0.4) is 0 Å². The zero-order valence-electron chi connectivity index (χ0n) is 20.0. The van der Waals surface area contributed by atoms with Crippen LogP contribution in [0.15, 0.2) is 60.2 Å². The van der Waals surface area contributed by atoms with E-state index in [1.807, 2.05) is 24.3 Å². The first-order valence-corrected chi connectivity index (χ1v) is 12.2. The summed E-state index contributed by atoms with van der Waals surface area (Å²) in [7, 11) is 0. The van der Waals surface area contributed by atoms with Crippen LogP contribution >= 0.6 is 0 Å². The lowest BCUT2D eigenvalue weighted by Gasteiger charge is -2.35. The third kappa shape index (κ3) is 5.39. The predicted molar refractivity (Wildman–Crippen MR) is 133 cm³/mol. The second kappa shape index (κ2) is 10.8. The number of carbonyl (C=O) groups excluding carboxylic acids is 2. The van der Waals surface area contributed by atoms with E-state index in [9.17, 15) is 14.4 Å². The topological polar surface area (TPSA) is 105 Å². The Balaban J connectivity index is 1.36. The molecule has 0 saturated heterocycles. The molecule has 0 bridgehead atoms. The summed E-state index contributed by atoms with van der Waals surface area (Å²) in [5.74, 6) is -1.20. The van der Waals surface area contributed by atoms with E-state index in [0.717, 1.165) is 30.4 Å². The highest BCUT2D eigenvalue weighted by Gasteiger charge is 2.39. The van der Waals surface area contributed by atoms with E-state index in [1.165, 1.54) is 24.1 Å². The summed E-state index contributed by atoms with van der Waals surface area (Å²) >= 11 is 0. The molecule has 2 aliphatic rings. The van der Waals surface area contributed by atoms with Crippen LogP contribution in [0.4, 0.5) is 4.79 Å². The molecule has 35 heavy (non-hydrogen) atoms. The first-order chi connectivity index (χ1) is 16.9. The quantitative estimate of drug-likeness (QED) is 0.482. The normalized spacial score (nSPS) is 16.7. The molecule has 2 amide bonds. The minimum atomic E-state index is -1.01. The molecule has 2 aromatic rings. The second-order valence-corrected chi connectivity index (χ2v) is 9.42. The maximum atomic E-state index is 13.0. The molecule has 0 aromatic heterocycles. The third-order valence-electron chi connectivity index (χ3n) is 7.22. The van der Waals surface area contributed by atoms with Crippen LogP contribution in [-0.4, -0.2) is 42.8 Å². The van der Waals surface area contributed by atoms with E-state index < -0.39 is 17.5 Å². The average Bonchev–Trinajstić information content (AvgIpc) is 3.20. The molecular formula is C28H32N2O5. The average molecular weight is 477 g/mol. The SMILES string of the molecule is C/C(=C\CNC(=O)C1(CNC(=O)OCC2c3ccccc3-c3ccccc32)CCCCC1)C(=O)O. The maximum Gasteiger partial charge on any atom is 0.407 e. The van der Waals surface area contributed by atoms with Gasteiger partial charge in [-0.1, -0.05) is 73.9 Å². The molecule has 1 saturated carbocycles. The first-order valence-electron chi connectivity index (χ1n) is 12.2. The summed E-state index contributed by atoms with van der Waals surface area (Å²) in [6, 6.07) is 16.3. The maximum absolute atomic E-state index is 13.0. The number of benzene rings is 2. The fraction of sp³-hybridized carbons (Fsp3) is 0.393. The molecule has 0 aliphatic heterocycles. The van der Waals surface area contributed by atoms with Gasteiger partial charge in [-0.3, -0.25) is 4.79 Å². The van der Waals surface area contributed by atoms with E-state index in [-0.39, 0.29) is 37.1 Å². The standard InChI is InChI=1S/C28H32N2O5/c1-19(25(31)32)13-16-29-26(33)28(14-7-2-8-15-28)18-30-27(34)35-17-24-22-11-5-3-9-20(22)21-10-4-6-12-23(21)24/h3-6,9-13,24H,2,7-8,14-18H2,1H3,(H,29,33)(H,30,34)(H,31,32)/b19-13+. The predicted octanol–water partition coefficient (Wildman–Crippen LogP) is 4.62. The Hall–Kier alpha value is -3.61. The van der Waals surface area contributed by atoms with Gasteiger partial charge in [0.25, 0.3) is 0 Å². The highest BCUT2D eigenvalue weighted by molar-refractivity contribution is 5.86. The molecule has 3 N–H and O–H groups in total. The minimum Gasteiger partial charge on any atom is -0.478 e. The van der Waals surface area contributed by atoms with Crippen LogP contribution < -0.4 is 10.6 Å². The molecule has 4 rings (SSSR count). The first kappa shape index (κ1) is 24.5. The summed E-state index contributed by atoms with van der Waals surface area (Å²) in [6.07, 6.45) is 5.15. The largest absolute Gasteiger partial charge is 0.478 e. The molecule has 7 nitrogen and oxygen atoms in total. The van der Waals surface area contributed by atoms with Crippen molar-refractivity contribution in [2.45, 2.75) is 44.9 Å². The van der Waals surface area contributed by atoms with Crippen molar-refractivity contribution in [3.63, 3.8) is 0 Å².